The van der Waals surface area contributed by atoms with Gasteiger partial charge in [-0.1, -0.05) is 11.2 Å². The number of hydrogen-bond acceptors (Lipinski definition) is 5. The van der Waals surface area contributed by atoms with Crippen molar-refractivity contribution in [1.29, 1.82) is 0 Å². The molecule has 4 heterocycles. The standard InChI is InChI=1S/C14H13N5O/c1-2-5-15-11(3-1)13-17-14(20-18-13)10-4-7-19-8-6-16-12(19)9-10/h1-3,5-6,8,10H,4,7,9H2/t10-/m0/s1. The van der Waals surface area contributed by atoms with Crippen LogP contribution in [0.3, 0.4) is 0 Å². The topological polar surface area (TPSA) is 69.6 Å². The van der Waals surface area contributed by atoms with Gasteiger partial charge in [0.2, 0.25) is 11.7 Å². The van der Waals surface area contributed by atoms with Gasteiger partial charge in [-0.3, -0.25) is 4.98 Å². The summed E-state index contributed by atoms with van der Waals surface area (Å²) in [4.78, 5) is 13.1. The number of aryl methyl sites for hydroxylation is 1. The van der Waals surface area contributed by atoms with E-state index in [1.54, 1.807) is 6.20 Å². The van der Waals surface area contributed by atoms with E-state index in [0.717, 1.165) is 30.9 Å². The van der Waals surface area contributed by atoms with Crippen LogP contribution >= 0.6 is 0 Å². The summed E-state index contributed by atoms with van der Waals surface area (Å²) in [5.41, 5.74) is 0.736. The Morgan fingerprint density at radius 1 is 1.20 bits per heavy atom. The summed E-state index contributed by atoms with van der Waals surface area (Å²) in [6.45, 7) is 0.946. The molecule has 0 N–H and O–H groups in total. The quantitative estimate of drug-likeness (QED) is 0.710. The van der Waals surface area contributed by atoms with Crippen LogP contribution in [0.1, 0.15) is 24.1 Å². The highest BCUT2D eigenvalue weighted by Gasteiger charge is 2.25. The Kier molecular flexibility index (Phi) is 2.58. The van der Waals surface area contributed by atoms with Crippen molar-refractivity contribution in [3.8, 4) is 11.5 Å². The number of rotatable bonds is 2. The normalized spacial score (nSPS) is 17.9. The summed E-state index contributed by atoms with van der Waals surface area (Å²) in [5, 5.41) is 4.03. The van der Waals surface area contributed by atoms with Crippen LogP contribution in [0.15, 0.2) is 41.3 Å². The molecule has 0 aromatic carbocycles. The SMILES string of the molecule is c1ccc(-c2noc([C@H]3CCn4ccnc4C3)n2)nc1. The van der Waals surface area contributed by atoms with Gasteiger partial charge >= 0.3 is 0 Å². The fourth-order valence-corrected chi connectivity index (χ4v) is 2.56. The Hall–Kier alpha value is -2.50. The third kappa shape index (κ3) is 1.89. The van der Waals surface area contributed by atoms with Crippen molar-refractivity contribution in [2.24, 2.45) is 0 Å². The Balaban J connectivity index is 1.60. The predicted octanol–water partition coefficient (Wildman–Crippen LogP) is 2.06. The molecule has 3 aromatic rings. The van der Waals surface area contributed by atoms with Crippen molar-refractivity contribution in [3.05, 3.63) is 48.5 Å². The van der Waals surface area contributed by atoms with Gasteiger partial charge in [0.1, 0.15) is 11.5 Å². The van der Waals surface area contributed by atoms with Crippen molar-refractivity contribution < 1.29 is 4.52 Å². The summed E-state index contributed by atoms with van der Waals surface area (Å²) in [7, 11) is 0. The van der Waals surface area contributed by atoms with Crippen molar-refractivity contribution in [3.63, 3.8) is 0 Å². The number of imidazole rings is 1. The molecule has 1 atom stereocenters. The van der Waals surface area contributed by atoms with Gasteiger partial charge in [0.25, 0.3) is 0 Å². The molecule has 20 heavy (non-hydrogen) atoms. The maximum absolute atomic E-state index is 5.41. The summed E-state index contributed by atoms with van der Waals surface area (Å²) in [6, 6.07) is 5.66. The zero-order valence-electron chi connectivity index (χ0n) is 10.8. The van der Waals surface area contributed by atoms with E-state index in [2.05, 4.69) is 24.7 Å². The van der Waals surface area contributed by atoms with Crippen LogP contribution in [-0.4, -0.2) is 24.7 Å². The minimum atomic E-state index is 0.245. The zero-order valence-corrected chi connectivity index (χ0v) is 10.8. The van der Waals surface area contributed by atoms with Gasteiger partial charge in [-0.15, -0.1) is 0 Å². The lowest BCUT2D eigenvalue weighted by Crippen LogP contribution is -2.18. The molecule has 0 saturated heterocycles. The molecule has 0 unspecified atom stereocenters. The first-order valence-electron chi connectivity index (χ1n) is 6.65. The largest absolute Gasteiger partial charge is 0.339 e. The molecule has 0 saturated carbocycles. The molecule has 0 bridgehead atoms. The van der Waals surface area contributed by atoms with Crippen molar-refractivity contribution in [1.82, 2.24) is 24.7 Å². The fourth-order valence-electron chi connectivity index (χ4n) is 2.56. The predicted molar refractivity (Wildman–Crippen MR) is 70.8 cm³/mol. The van der Waals surface area contributed by atoms with Gasteiger partial charge < -0.3 is 9.09 Å². The van der Waals surface area contributed by atoms with Gasteiger partial charge in [-0.2, -0.15) is 4.98 Å². The van der Waals surface area contributed by atoms with E-state index in [1.165, 1.54) is 0 Å². The van der Waals surface area contributed by atoms with Crippen LogP contribution in [-0.2, 0) is 13.0 Å². The molecule has 4 rings (SSSR count). The smallest absolute Gasteiger partial charge is 0.230 e. The molecule has 0 amide bonds. The Bertz CT molecular complexity index is 718. The molecule has 1 aliphatic rings. The lowest BCUT2D eigenvalue weighted by Gasteiger charge is -2.19. The van der Waals surface area contributed by atoms with Gasteiger partial charge in [0.05, 0.1) is 0 Å². The Morgan fingerprint density at radius 3 is 3.10 bits per heavy atom. The molecule has 0 fully saturated rings. The highest BCUT2D eigenvalue weighted by molar-refractivity contribution is 5.47. The van der Waals surface area contributed by atoms with Crippen molar-refractivity contribution in [2.75, 3.05) is 0 Å². The number of hydrogen-bond donors (Lipinski definition) is 0. The average Bonchev–Trinajstić information content (AvgIpc) is 3.16. The molecule has 6 nitrogen and oxygen atoms in total. The van der Waals surface area contributed by atoms with E-state index in [9.17, 15) is 0 Å². The molecule has 0 spiro atoms. The monoisotopic (exact) mass is 267 g/mol. The average molecular weight is 267 g/mol. The van der Waals surface area contributed by atoms with Crippen LogP contribution in [0.25, 0.3) is 11.5 Å². The van der Waals surface area contributed by atoms with Crippen molar-refractivity contribution >= 4 is 0 Å². The minimum Gasteiger partial charge on any atom is -0.339 e. The number of aromatic nitrogens is 5. The lowest BCUT2D eigenvalue weighted by molar-refractivity contribution is 0.323. The fraction of sp³-hybridized carbons (Fsp3) is 0.286. The van der Waals surface area contributed by atoms with Crippen molar-refractivity contribution in [2.45, 2.75) is 25.3 Å². The molecule has 100 valence electrons. The maximum atomic E-state index is 5.41. The first-order chi connectivity index (χ1) is 9.90. The molecule has 1 aliphatic heterocycles. The van der Waals surface area contributed by atoms with Gasteiger partial charge in [0.15, 0.2) is 0 Å². The molecule has 3 aromatic heterocycles. The number of pyridine rings is 1. The highest BCUT2D eigenvalue weighted by Crippen LogP contribution is 2.28. The Morgan fingerprint density at radius 2 is 2.20 bits per heavy atom. The molecular weight excluding hydrogens is 254 g/mol. The van der Waals surface area contributed by atoms with E-state index >= 15 is 0 Å². The second-order valence-corrected chi connectivity index (χ2v) is 4.90. The van der Waals surface area contributed by atoms with E-state index in [1.807, 2.05) is 30.6 Å². The van der Waals surface area contributed by atoms with E-state index < -0.39 is 0 Å². The molecular formula is C14H13N5O. The number of fused-ring (bicyclic) bond motifs is 1. The molecule has 0 radical (unpaired) electrons. The van der Waals surface area contributed by atoms with Crippen LogP contribution in [0.2, 0.25) is 0 Å². The van der Waals surface area contributed by atoms with E-state index in [4.69, 9.17) is 4.52 Å². The highest BCUT2D eigenvalue weighted by atomic mass is 16.5. The summed E-state index contributed by atoms with van der Waals surface area (Å²) in [6.07, 6.45) is 7.41. The first kappa shape index (κ1) is 11.3. The number of nitrogens with zero attached hydrogens (tertiary/aromatic N) is 5. The van der Waals surface area contributed by atoms with Crippen LogP contribution in [0, 0.1) is 0 Å². The minimum absolute atomic E-state index is 0.245. The summed E-state index contributed by atoms with van der Waals surface area (Å²) in [5.74, 6) is 2.56. The molecule has 0 aliphatic carbocycles. The maximum Gasteiger partial charge on any atom is 0.230 e. The van der Waals surface area contributed by atoms with Crippen LogP contribution < -0.4 is 0 Å². The van der Waals surface area contributed by atoms with Crippen LogP contribution in [0.4, 0.5) is 0 Å². The molecule has 6 heteroatoms. The van der Waals surface area contributed by atoms with Crippen LogP contribution in [0.5, 0.6) is 0 Å². The van der Waals surface area contributed by atoms with Gasteiger partial charge in [0, 0.05) is 37.5 Å². The third-order valence-electron chi connectivity index (χ3n) is 3.63. The van der Waals surface area contributed by atoms with Gasteiger partial charge in [-0.25, -0.2) is 4.98 Å². The zero-order chi connectivity index (χ0) is 13.4. The summed E-state index contributed by atoms with van der Waals surface area (Å²) >= 11 is 0. The Labute approximate surface area is 115 Å². The summed E-state index contributed by atoms with van der Waals surface area (Å²) < 4.78 is 7.59. The van der Waals surface area contributed by atoms with E-state index in [0.29, 0.717) is 11.7 Å². The van der Waals surface area contributed by atoms with Gasteiger partial charge in [-0.05, 0) is 18.6 Å². The second-order valence-electron chi connectivity index (χ2n) is 4.90. The second kappa shape index (κ2) is 4.56. The lowest BCUT2D eigenvalue weighted by atomic mass is 9.98. The van der Waals surface area contributed by atoms with E-state index in [-0.39, 0.29) is 5.92 Å². The third-order valence-corrected chi connectivity index (χ3v) is 3.63. The first-order valence-corrected chi connectivity index (χ1v) is 6.65.